The van der Waals surface area contributed by atoms with Crippen LogP contribution in [-0.2, 0) is 0 Å². The molecule has 0 saturated carbocycles. The summed E-state index contributed by atoms with van der Waals surface area (Å²) in [7, 11) is 0. The zero-order chi connectivity index (χ0) is 18.5. The Morgan fingerprint density at radius 3 is 2.08 bits per heavy atom. The molecule has 0 aliphatic heterocycles. The molecule has 2 nitrogen and oxygen atoms in total. The lowest BCUT2D eigenvalue weighted by molar-refractivity contribution is 0.762. The van der Waals surface area contributed by atoms with Crippen LogP contribution < -0.4 is 10.6 Å². The molecule has 1 atom stereocenters. The standard InChI is InChI=1S/C23H24N2S/c1-16-13-17(2)15-20(14-16)24-23(26)25-22(19-10-5-4-6-11-19)21-12-8-7-9-18(21)3/h4-15,22H,1-3H3,(H2,24,25,26). The van der Waals surface area contributed by atoms with Crippen LogP contribution in [0.1, 0.15) is 33.9 Å². The quantitative estimate of drug-likeness (QED) is 0.585. The summed E-state index contributed by atoms with van der Waals surface area (Å²) in [5, 5.41) is 7.45. The van der Waals surface area contributed by atoms with Crippen LogP contribution in [0.4, 0.5) is 5.69 Å². The van der Waals surface area contributed by atoms with E-state index < -0.39 is 0 Å². The molecular formula is C23H24N2S. The number of aryl methyl sites for hydroxylation is 3. The predicted molar refractivity (Wildman–Crippen MR) is 115 cm³/mol. The Kier molecular flexibility index (Phi) is 5.69. The second kappa shape index (κ2) is 8.15. The van der Waals surface area contributed by atoms with Crippen molar-refractivity contribution in [3.63, 3.8) is 0 Å². The fourth-order valence-electron chi connectivity index (χ4n) is 3.24. The first kappa shape index (κ1) is 18.2. The highest BCUT2D eigenvalue weighted by molar-refractivity contribution is 7.80. The highest BCUT2D eigenvalue weighted by Gasteiger charge is 2.17. The first-order valence-electron chi connectivity index (χ1n) is 8.79. The van der Waals surface area contributed by atoms with E-state index in [0.717, 1.165) is 5.69 Å². The molecule has 26 heavy (non-hydrogen) atoms. The van der Waals surface area contributed by atoms with Gasteiger partial charge < -0.3 is 10.6 Å². The monoisotopic (exact) mass is 360 g/mol. The van der Waals surface area contributed by atoms with Crippen molar-refractivity contribution in [2.75, 3.05) is 5.32 Å². The van der Waals surface area contributed by atoms with Gasteiger partial charge in [-0.15, -0.1) is 0 Å². The summed E-state index contributed by atoms with van der Waals surface area (Å²) in [4.78, 5) is 0. The molecule has 0 amide bonds. The van der Waals surface area contributed by atoms with Gasteiger partial charge in [-0.3, -0.25) is 0 Å². The van der Waals surface area contributed by atoms with Gasteiger partial charge in [-0.2, -0.15) is 0 Å². The van der Waals surface area contributed by atoms with E-state index in [0.29, 0.717) is 5.11 Å². The third-order valence-corrected chi connectivity index (χ3v) is 4.61. The lowest BCUT2D eigenvalue weighted by Crippen LogP contribution is -2.33. The van der Waals surface area contributed by atoms with Gasteiger partial charge in [0.1, 0.15) is 0 Å². The zero-order valence-electron chi connectivity index (χ0n) is 15.4. The molecule has 3 aromatic rings. The first-order valence-corrected chi connectivity index (χ1v) is 9.20. The van der Waals surface area contributed by atoms with Crippen LogP contribution in [-0.4, -0.2) is 5.11 Å². The molecule has 3 aromatic carbocycles. The maximum Gasteiger partial charge on any atom is 0.171 e. The molecule has 0 aliphatic rings. The third kappa shape index (κ3) is 4.50. The van der Waals surface area contributed by atoms with Crippen LogP contribution in [0, 0.1) is 20.8 Å². The average molecular weight is 361 g/mol. The third-order valence-electron chi connectivity index (χ3n) is 4.39. The van der Waals surface area contributed by atoms with Crippen LogP contribution >= 0.6 is 12.2 Å². The molecule has 2 N–H and O–H groups in total. The van der Waals surface area contributed by atoms with Crippen molar-refractivity contribution in [2.24, 2.45) is 0 Å². The Morgan fingerprint density at radius 1 is 0.808 bits per heavy atom. The van der Waals surface area contributed by atoms with Crippen molar-refractivity contribution >= 4 is 23.0 Å². The van der Waals surface area contributed by atoms with Crippen LogP contribution in [0.5, 0.6) is 0 Å². The topological polar surface area (TPSA) is 24.1 Å². The summed E-state index contributed by atoms with van der Waals surface area (Å²) in [6.07, 6.45) is 0. The number of anilines is 1. The van der Waals surface area contributed by atoms with Crippen molar-refractivity contribution in [3.05, 3.63) is 101 Å². The van der Waals surface area contributed by atoms with Gasteiger partial charge in [0.25, 0.3) is 0 Å². The lowest BCUT2D eigenvalue weighted by Gasteiger charge is -2.23. The van der Waals surface area contributed by atoms with E-state index in [-0.39, 0.29) is 6.04 Å². The van der Waals surface area contributed by atoms with Crippen LogP contribution in [0.2, 0.25) is 0 Å². The Hall–Kier alpha value is -2.65. The van der Waals surface area contributed by atoms with Crippen molar-refractivity contribution in [1.29, 1.82) is 0 Å². The summed E-state index contributed by atoms with van der Waals surface area (Å²) in [5.41, 5.74) is 7.09. The molecule has 132 valence electrons. The van der Waals surface area contributed by atoms with Crippen molar-refractivity contribution in [1.82, 2.24) is 5.32 Å². The van der Waals surface area contributed by atoms with Gasteiger partial charge in [-0.05, 0) is 72.9 Å². The fourth-order valence-corrected chi connectivity index (χ4v) is 3.48. The van der Waals surface area contributed by atoms with E-state index in [2.05, 4.69) is 98.1 Å². The summed E-state index contributed by atoms with van der Waals surface area (Å²) in [6, 6.07) is 25.2. The van der Waals surface area contributed by atoms with Crippen LogP contribution in [0.15, 0.2) is 72.8 Å². The molecule has 1 unspecified atom stereocenters. The van der Waals surface area contributed by atoms with Gasteiger partial charge in [0.05, 0.1) is 6.04 Å². The number of hydrogen-bond donors (Lipinski definition) is 2. The predicted octanol–water partition coefficient (Wildman–Crippen LogP) is 5.69. The summed E-state index contributed by atoms with van der Waals surface area (Å²) in [6.45, 7) is 6.32. The largest absolute Gasteiger partial charge is 0.352 e. The van der Waals surface area contributed by atoms with E-state index in [9.17, 15) is 0 Å². The van der Waals surface area contributed by atoms with Gasteiger partial charge in [0, 0.05) is 5.69 Å². The fraction of sp³-hybridized carbons (Fsp3) is 0.174. The lowest BCUT2D eigenvalue weighted by atomic mass is 9.95. The van der Waals surface area contributed by atoms with E-state index in [1.165, 1.54) is 27.8 Å². The summed E-state index contributed by atoms with van der Waals surface area (Å²) in [5.74, 6) is 0. The van der Waals surface area contributed by atoms with Crippen LogP contribution in [0.25, 0.3) is 0 Å². The molecule has 3 heteroatoms. The maximum atomic E-state index is 5.62. The van der Waals surface area contributed by atoms with E-state index in [1.807, 2.05) is 6.07 Å². The van der Waals surface area contributed by atoms with Crippen LogP contribution in [0.3, 0.4) is 0 Å². The molecule has 3 rings (SSSR count). The highest BCUT2D eigenvalue weighted by Crippen LogP contribution is 2.25. The number of hydrogen-bond acceptors (Lipinski definition) is 1. The average Bonchev–Trinajstić information content (AvgIpc) is 2.60. The van der Waals surface area contributed by atoms with Gasteiger partial charge >= 0.3 is 0 Å². The van der Waals surface area contributed by atoms with Crippen molar-refractivity contribution in [3.8, 4) is 0 Å². The minimum atomic E-state index is 0.00306. The summed E-state index contributed by atoms with van der Waals surface area (Å²) < 4.78 is 0. The molecule has 0 fully saturated rings. The minimum Gasteiger partial charge on any atom is -0.352 e. The molecule has 0 spiro atoms. The molecule has 0 saturated heterocycles. The van der Waals surface area contributed by atoms with E-state index >= 15 is 0 Å². The van der Waals surface area contributed by atoms with Gasteiger partial charge in [-0.1, -0.05) is 60.7 Å². The van der Waals surface area contributed by atoms with E-state index in [4.69, 9.17) is 12.2 Å². The second-order valence-electron chi connectivity index (χ2n) is 6.68. The Bertz CT molecular complexity index is 883. The Morgan fingerprint density at radius 2 is 1.42 bits per heavy atom. The van der Waals surface area contributed by atoms with Crippen molar-refractivity contribution < 1.29 is 0 Å². The van der Waals surface area contributed by atoms with Gasteiger partial charge in [-0.25, -0.2) is 0 Å². The highest BCUT2D eigenvalue weighted by atomic mass is 32.1. The molecular weight excluding hydrogens is 336 g/mol. The SMILES string of the molecule is Cc1cc(C)cc(NC(=S)NC(c2ccccc2)c2ccccc2C)c1. The minimum absolute atomic E-state index is 0.00306. The molecule has 0 bridgehead atoms. The maximum absolute atomic E-state index is 5.62. The van der Waals surface area contributed by atoms with E-state index in [1.54, 1.807) is 0 Å². The Labute approximate surface area is 161 Å². The normalized spacial score (nSPS) is 11.7. The van der Waals surface area contributed by atoms with Crippen molar-refractivity contribution in [2.45, 2.75) is 26.8 Å². The number of rotatable bonds is 4. The first-order chi connectivity index (χ1) is 12.5. The molecule has 0 aliphatic carbocycles. The smallest absolute Gasteiger partial charge is 0.171 e. The van der Waals surface area contributed by atoms with Gasteiger partial charge in [0.15, 0.2) is 5.11 Å². The number of benzene rings is 3. The number of nitrogens with one attached hydrogen (secondary N) is 2. The molecule has 0 aromatic heterocycles. The van der Waals surface area contributed by atoms with Gasteiger partial charge in [0.2, 0.25) is 0 Å². The summed E-state index contributed by atoms with van der Waals surface area (Å²) >= 11 is 5.62. The molecule has 0 heterocycles. The second-order valence-corrected chi connectivity index (χ2v) is 7.08. The zero-order valence-corrected chi connectivity index (χ0v) is 16.2. The Balaban J connectivity index is 1.86. The molecule has 0 radical (unpaired) electrons. The number of thiocarbonyl (C=S) groups is 1.